The Bertz CT molecular complexity index is 842. The zero-order valence-electron chi connectivity index (χ0n) is 12.9. The van der Waals surface area contributed by atoms with E-state index >= 15 is 0 Å². The van der Waals surface area contributed by atoms with Gasteiger partial charge in [-0.3, -0.25) is 4.79 Å². The molecule has 0 N–H and O–H groups in total. The first-order valence-corrected chi connectivity index (χ1v) is 7.01. The molecule has 2 rings (SSSR count). The van der Waals surface area contributed by atoms with Crippen LogP contribution in [0.2, 0.25) is 0 Å². The van der Waals surface area contributed by atoms with Crippen molar-refractivity contribution in [3.05, 3.63) is 69.1 Å². The molecule has 0 amide bonds. The van der Waals surface area contributed by atoms with Crippen molar-refractivity contribution in [2.24, 2.45) is 0 Å². The van der Waals surface area contributed by atoms with Crippen LogP contribution in [-0.4, -0.2) is 4.57 Å². The van der Waals surface area contributed by atoms with Crippen LogP contribution in [0.1, 0.15) is 43.2 Å². The van der Waals surface area contributed by atoms with Crippen LogP contribution >= 0.6 is 0 Å². The summed E-state index contributed by atoms with van der Waals surface area (Å²) in [6.45, 7) is 6.33. The van der Waals surface area contributed by atoms with Gasteiger partial charge in [-0.15, -0.1) is 0 Å². The zero-order valence-corrected chi connectivity index (χ0v) is 12.9. The summed E-state index contributed by atoms with van der Waals surface area (Å²) in [5, 5.41) is 18.3. The SMILES string of the molecule is CC(C)(C)c1ccc(C#N)c(=O)n1Cc1ccccc1C#N. The summed E-state index contributed by atoms with van der Waals surface area (Å²) in [5.41, 5.74) is 1.70. The van der Waals surface area contributed by atoms with E-state index in [1.807, 2.05) is 45.0 Å². The topological polar surface area (TPSA) is 69.6 Å². The molecule has 110 valence electrons. The number of benzene rings is 1. The molecule has 0 bridgehead atoms. The minimum atomic E-state index is -0.317. The molecule has 2 aromatic rings. The molecule has 1 aromatic carbocycles. The van der Waals surface area contributed by atoms with Crippen molar-refractivity contribution < 1.29 is 0 Å². The molecule has 22 heavy (non-hydrogen) atoms. The third-order valence-electron chi connectivity index (χ3n) is 3.53. The molecule has 0 atom stereocenters. The normalized spacial score (nSPS) is 10.8. The molecule has 0 aliphatic carbocycles. The maximum absolute atomic E-state index is 12.5. The van der Waals surface area contributed by atoms with Gasteiger partial charge in [-0.05, 0) is 23.8 Å². The number of nitriles is 2. The number of rotatable bonds is 2. The van der Waals surface area contributed by atoms with Gasteiger partial charge in [0.1, 0.15) is 11.6 Å². The van der Waals surface area contributed by atoms with Crippen LogP contribution in [0.4, 0.5) is 0 Å². The first-order valence-electron chi connectivity index (χ1n) is 7.01. The monoisotopic (exact) mass is 291 g/mol. The first kappa shape index (κ1) is 15.5. The number of aromatic nitrogens is 1. The second kappa shape index (κ2) is 5.87. The minimum absolute atomic E-state index is 0.113. The molecule has 4 heteroatoms. The molecule has 1 aromatic heterocycles. The van der Waals surface area contributed by atoms with Gasteiger partial charge in [0.05, 0.1) is 18.2 Å². The van der Waals surface area contributed by atoms with Crippen molar-refractivity contribution in [2.45, 2.75) is 32.7 Å². The molecular formula is C18H17N3O. The van der Waals surface area contributed by atoms with Crippen LogP contribution in [0.15, 0.2) is 41.2 Å². The predicted molar refractivity (Wildman–Crippen MR) is 84.4 cm³/mol. The fourth-order valence-corrected chi connectivity index (χ4v) is 2.41. The summed E-state index contributed by atoms with van der Waals surface area (Å²) in [6, 6.07) is 14.6. The molecule has 0 saturated heterocycles. The average Bonchev–Trinajstić information content (AvgIpc) is 2.48. The van der Waals surface area contributed by atoms with Crippen LogP contribution in [0.25, 0.3) is 0 Å². The second-order valence-corrected chi connectivity index (χ2v) is 6.15. The maximum atomic E-state index is 12.5. The Morgan fingerprint density at radius 3 is 2.23 bits per heavy atom. The molecule has 0 unspecified atom stereocenters. The lowest BCUT2D eigenvalue weighted by atomic mass is 9.90. The maximum Gasteiger partial charge on any atom is 0.268 e. The van der Waals surface area contributed by atoms with Gasteiger partial charge in [0.25, 0.3) is 5.56 Å². The van der Waals surface area contributed by atoms with Crippen molar-refractivity contribution >= 4 is 0 Å². The summed E-state index contributed by atoms with van der Waals surface area (Å²) in [4.78, 5) is 12.5. The fourth-order valence-electron chi connectivity index (χ4n) is 2.41. The van der Waals surface area contributed by atoms with Gasteiger partial charge in [-0.2, -0.15) is 10.5 Å². The van der Waals surface area contributed by atoms with Crippen LogP contribution in [0.3, 0.4) is 0 Å². The van der Waals surface area contributed by atoms with Crippen molar-refractivity contribution in [3.8, 4) is 12.1 Å². The average molecular weight is 291 g/mol. The zero-order chi connectivity index (χ0) is 16.3. The third-order valence-corrected chi connectivity index (χ3v) is 3.53. The van der Waals surface area contributed by atoms with E-state index in [4.69, 9.17) is 5.26 Å². The van der Waals surface area contributed by atoms with Crippen molar-refractivity contribution in [3.63, 3.8) is 0 Å². The van der Waals surface area contributed by atoms with Gasteiger partial charge in [0.15, 0.2) is 0 Å². The predicted octanol–water partition coefficient (Wildman–Crippen LogP) is 2.94. The number of nitrogens with zero attached hydrogens (tertiary/aromatic N) is 3. The van der Waals surface area contributed by atoms with Crippen molar-refractivity contribution in [2.75, 3.05) is 0 Å². The summed E-state index contributed by atoms with van der Waals surface area (Å²) in [6.07, 6.45) is 0. The van der Waals surface area contributed by atoms with E-state index in [1.165, 1.54) is 0 Å². The molecule has 0 aliphatic heterocycles. The Morgan fingerprint density at radius 2 is 1.64 bits per heavy atom. The van der Waals surface area contributed by atoms with E-state index in [0.29, 0.717) is 5.56 Å². The van der Waals surface area contributed by atoms with E-state index in [9.17, 15) is 10.1 Å². The van der Waals surface area contributed by atoms with E-state index in [0.717, 1.165) is 11.3 Å². The number of pyridine rings is 1. The van der Waals surface area contributed by atoms with Gasteiger partial charge < -0.3 is 4.57 Å². The van der Waals surface area contributed by atoms with Gasteiger partial charge in [-0.25, -0.2) is 0 Å². The van der Waals surface area contributed by atoms with Crippen LogP contribution in [0.5, 0.6) is 0 Å². The highest BCUT2D eigenvalue weighted by Gasteiger charge is 2.20. The Hall–Kier alpha value is -2.85. The third kappa shape index (κ3) is 2.92. The summed E-state index contributed by atoms with van der Waals surface area (Å²) < 4.78 is 1.59. The first-order chi connectivity index (χ1) is 10.4. The smallest absolute Gasteiger partial charge is 0.268 e. The quantitative estimate of drug-likeness (QED) is 0.854. The van der Waals surface area contributed by atoms with Gasteiger partial charge in [-0.1, -0.05) is 39.0 Å². The van der Waals surface area contributed by atoms with Crippen LogP contribution < -0.4 is 5.56 Å². The van der Waals surface area contributed by atoms with E-state index in [1.54, 1.807) is 22.8 Å². The summed E-state index contributed by atoms with van der Waals surface area (Å²) in [5.74, 6) is 0. The molecule has 0 radical (unpaired) electrons. The standard InChI is InChI=1S/C18H17N3O/c1-18(2,3)16-9-8-14(11-20)17(22)21(16)12-15-7-5-4-6-13(15)10-19/h4-9H,12H2,1-3H3. The lowest BCUT2D eigenvalue weighted by Gasteiger charge is -2.24. The van der Waals surface area contributed by atoms with Crippen LogP contribution in [-0.2, 0) is 12.0 Å². The summed E-state index contributed by atoms with van der Waals surface area (Å²) in [7, 11) is 0. The highest BCUT2D eigenvalue weighted by atomic mass is 16.1. The van der Waals surface area contributed by atoms with E-state index in [2.05, 4.69) is 6.07 Å². The lowest BCUT2D eigenvalue weighted by Crippen LogP contribution is -2.31. The minimum Gasteiger partial charge on any atom is -0.307 e. The highest BCUT2D eigenvalue weighted by Crippen LogP contribution is 2.22. The molecule has 0 fully saturated rings. The van der Waals surface area contributed by atoms with E-state index in [-0.39, 0.29) is 23.1 Å². The van der Waals surface area contributed by atoms with E-state index < -0.39 is 0 Å². The Morgan fingerprint density at radius 1 is 1.00 bits per heavy atom. The Balaban J connectivity index is 2.66. The molecular weight excluding hydrogens is 274 g/mol. The van der Waals surface area contributed by atoms with Crippen molar-refractivity contribution in [1.29, 1.82) is 10.5 Å². The Kier molecular flexibility index (Phi) is 4.15. The second-order valence-electron chi connectivity index (χ2n) is 6.15. The highest BCUT2D eigenvalue weighted by molar-refractivity contribution is 5.38. The molecule has 4 nitrogen and oxygen atoms in total. The van der Waals surface area contributed by atoms with Crippen LogP contribution in [0, 0.1) is 22.7 Å². The largest absolute Gasteiger partial charge is 0.307 e. The molecule has 0 spiro atoms. The van der Waals surface area contributed by atoms with Crippen molar-refractivity contribution in [1.82, 2.24) is 4.57 Å². The number of hydrogen-bond acceptors (Lipinski definition) is 3. The number of hydrogen-bond donors (Lipinski definition) is 0. The summed E-state index contributed by atoms with van der Waals surface area (Å²) >= 11 is 0. The van der Waals surface area contributed by atoms with Gasteiger partial charge >= 0.3 is 0 Å². The molecule has 0 aliphatic rings. The Labute approximate surface area is 129 Å². The molecule has 0 saturated carbocycles. The fraction of sp³-hybridized carbons (Fsp3) is 0.278. The molecule has 1 heterocycles. The van der Waals surface area contributed by atoms with Gasteiger partial charge in [0.2, 0.25) is 0 Å². The lowest BCUT2D eigenvalue weighted by molar-refractivity contribution is 0.516. The van der Waals surface area contributed by atoms with Gasteiger partial charge in [0, 0.05) is 11.1 Å².